The molecular formula is C26H21N3O2. The third-order valence-electron chi connectivity index (χ3n) is 5.79. The van der Waals surface area contributed by atoms with Crippen molar-refractivity contribution in [1.82, 2.24) is 9.36 Å². The maximum Gasteiger partial charge on any atom is 0.295 e. The molecule has 0 spiro atoms. The largest absolute Gasteiger partial charge is 0.316 e. The number of nitrogens with zero attached hydrogens (tertiary/aromatic N) is 2. The van der Waals surface area contributed by atoms with Crippen molar-refractivity contribution in [3.8, 4) is 5.69 Å². The standard InChI is InChI=1S/C26H21N3O2/c1-17-24(26(31)29(28(17)2)20-12-4-3-5-13-20)27-25(30)23-21-14-8-6-10-18(21)16-19-11-7-9-15-22(19)23/h3-16H,1-2H3,(H,27,30). The molecule has 0 saturated carbocycles. The first-order valence-electron chi connectivity index (χ1n) is 10.1. The van der Waals surface area contributed by atoms with E-state index in [0.717, 1.165) is 27.2 Å². The summed E-state index contributed by atoms with van der Waals surface area (Å²) in [7, 11) is 1.81. The number of anilines is 1. The number of hydrogen-bond donors (Lipinski definition) is 1. The Bertz CT molecular complexity index is 1460. The molecular weight excluding hydrogens is 386 g/mol. The van der Waals surface area contributed by atoms with Gasteiger partial charge in [-0.3, -0.25) is 14.3 Å². The lowest BCUT2D eigenvalue weighted by Gasteiger charge is -2.11. The molecule has 0 aliphatic heterocycles. The van der Waals surface area contributed by atoms with Crippen LogP contribution >= 0.6 is 0 Å². The Hall–Kier alpha value is -4.12. The zero-order valence-electron chi connectivity index (χ0n) is 17.3. The zero-order valence-corrected chi connectivity index (χ0v) is 17.3. The van der Waals surface area contributed by atoms with Crippen LogP contribution in [0.25, 0.3) is 27.2 Å². The van der Waals surface area contributed by atoms with Crippen molar-refractivity contribution < 1.29 is 4.79 Å². The van der Waals surface area contributed by atoms with Crippen LogP contribution in [-0.2, 0) is 7.05 Å². The molecule has 5 aromatic rings. The van der Waals surface area contributed by atoms with E-state index in [1.807, 2.05) is 92.8 Å². The lowest BCUT2D eigenvalue weighted by atomic mass is 9.96. The topological polar surface area (TPSA) is 56.0 Å². The summed E-state index contributed by atoms with van der Waals surface area (Å²) in [5, 5.41) is 6.60. The normalized spacial score (nSPS) is 11.2. The van der Waals surface area contributed by atoms with E-state index in [0.29, 0.717) is 11.3 Å². The van der Waals surface area contributed by atoms with Crippen molar-refractivity contribution in [3.05, 3.63) is 107 Å². The maximum atomic E-state index is 13.5. The van der Waals surface area contributed by atoms with Crippen molar-refractivity contribution >= 4 is 33.1 Å². The molecule has 152 valence electrons. The molecule has 4 aromatic carbocycles. The number of aromatic nitrogens is 2. The number of carbonyl (C=O) groups is 1. The SMILES string of the molecule is Cc1c(NC(=O)c2c3ccccc3cc3ccccc23)c(=O)n(-c2ccccc2)n1C. The molecule has 5 rings (SSSR count). The van der Waals surface area contributed by atoms with Gasteiger partial charge in [0.15, 0.2) is 0 Å². The predicted octanol–water partition coefficient (Wildman–Crippen LogP) is 5.04. The van der Waals surface area contributed by atoms with Gasteiger partial charge < -0.3 is 5.32 Å². The van der Waals surface area contributed by atoms with Crippen LogP contribution in [-0.4, -0.2) is 15.3 Å². The quantitative estimate of drug-likeness (QED) is 0.426. The molecule has 0 bridgehead atoms. The summed E-state index contributed by atoms with van der Waals surface area (Å²) >= 11 is 0. The zero-order chi connectivity index (χ0) is 21.5. The van der Waals surface area contributed by atoms with Gasteiger partial charge in [0, 0.05) is 7.05 Å². The van der Waals surface area contributed by atoms with Crippen molar-refractivity contribution in [2.75, 3.05) is 5.32 Å². The summed E-state index contributed by atoms with van der Waals surface area (Å²) in [5.41, 5.74) is 2.03. The molecule has 1 aromatic heterocycles. The van der Waals surface area contributed by atoms with Crippen molar-refractivity contribution in [2.45, 2.75) is 6.92 Å². The predicted molar refractivity (Wildman–Crippen MR) is 125 cm³/mol. The molecule has 0 radical (unpaired) electrons. The first-order chi connectivity index (χ1) is 15.1. The second-order valence-corrected chi connectivity index (χ2v) is 7.58. The number of rotatable bonds is 3. The molecule has 0 aliphatic rings. The molecule has 5 nitrogen and oxygen atoms in total. The lowest BCUT2D eigenvalue weighted by Crippen LogP contribution is -2.23. The van der Waals surface area contributed by atoms with E-state index in [9.17, 15) is 9.59 Å². The van der Waals surface area contributed by atoms with Crippen LogP contribution in [0.5, 0.6) is 0 Å². The second-order valence-electron chi connectivity index (χ2n) is 7.58. The maximum absolute atomic E-state index is 13.5. The Balaban J connectivity index is 1.67. The van der Waals surface area contributed by atoms with Gasteiger partial charge in [0.05, 0.1) is 16.9 Å². The van der Waals surface area contributed by atoms with Crippen LogP contribution in [0, 0.1) is 6.92 Å². The molecule has 0 atom stereocenters. The summed E-state index contributed by atoms with van der Waals surface area (Å²) in [6.45, 7) is 1.83. The molecule has 0 fully saturated rings. The van der Waals surface area contributed by atoms with Gasteiger partial charge in [-0.15, -0.1) is 0 Å². The van der Waals surface area contributed by atoms with Gasteiger partial charge in [-0.05, 0) is 46.7 Å². The lowest BCUT2D eigenvalue weighted by molar-refractivity contribution is 0.102. The highest BCUT2D eigenvalue weighted by molar-refractivity contribution is 6.22. The Morgan fingerprint density at radius 1 is 0.806 bits per heavy atom. The molecule has 1 N–H and O–H groups in total. The number of carbonyl (C=O) groups excluding carboxylic acids is 1. The summed E-state index contributed by atoms with van der Waals surface area (Å²) in [6, 6.07) is 27.1. The highest BCUT2D eigenvalue weighted by Gasteiger charge is 2.21. The van der Waals surface area contributed by atoms with Crippen LogP contribution in [0.3, 0.4) is 0 Å². The molecule has 5 heteroatoms. The van der Waals surface area contributed by atoms with Crippen molar-refractivity contribution in [2.24, 2.45) is 7.05 Å². The van der Waals surface area contributed by atoms with Crippen LogP contribution in [0.15, 0.2) is 89.7 Å². The number of nitrogens with one attached hydrogen (secondary N) is 1. The molecule has 0 aliphatic carbocycles. The van der Waals surface area contributed by atoms with Crippen LogP contribution in [0.2, 0.25) is 0 Å². The van der Waals surface area contributed by atoms with Gasteiger partial charge in [-0.2, -0.15) is 0 Å². The smallest absolute Gasteiger partial charge is 0.295 e. The number of amides is 1. The summed E-state index contributed by atoms with van der Waals surface area (Å²) in [5.74, 6) is -0.293. The minimum absolute atomic E-state index is 0.260. The Morgan fingerprint density at radius 3 is 1.97 bits per heavy atom. The van der Waals surface area contributed by atoms with E-state index in [1.54, 1.807) is 9.36 Å². The number of para-hydroxylation sites is 1. The van der Waals surface area contributed by atoms with Gasteiger partial charge in [0.1, 0.15) is 5.69 Å². The average Bonchev–Trinajstić information content (AvgIpc) is 3.01. The molecule has 1 amide bonds. The molecule has 0 saturated heterocycles. The van der Waals surface area contributed by atoms with Crippen LogP contribution < -0.4 is 10.9 Å². The minimum Gasteiger partial charge on any atom is -0.316 e. The average molecular weight is 407 g/mol. The number of fused-ring (bicyclic) bond motifs is 2. The van der Waals surface area contributed by atoms with Crippen molar-refractivity contribution in [3.63, 3.8) is 0 Å². The monoisotopic (exact) mass is 407 g/mol. The van der Waals surface area contributed by atoms with Crippen LogP contribution in [0.4, 0.5) is 5.69 Å². The van der Waals surface area contributed by atoms with E-state index in [-0.39, 0.29) is 17.2 Å². The highest BCUT2D eigenvalue weighted by atomic mass is 16.2. The Morgan fingerprint density at radius 2 is 1.35 bits per heavy atom. The fourth-order valence-corrected chi connectivity index (χ4v) is 4.15. The third-order valence-corrected chi connectivity index (χ3v) is 5.79. The van der Waals surface area contributed by atoms with E-state index < -0.39 is 0 Å². The summed E-state index contributed by atoms with van der Waals surface area (Å²) in [6.07, 6.45) is 0. The Labute approximate surface area is 179 Å². The molecule has 31 heavy (non-hydrogen) atoms. The third kappa shape index (κ3) is 3.02. The summed E-state index contributed by atoms with van der Waals surface area (Å²) < 4.78 is 3.32. The second kappa shape index (κ2) is 7.29. The van der Waals surface area contributed by atoms with Gasteiger partial charge in [-0.1, -0.05) is 66.7 Å². The van der Waals surface area contributed by atoms with Gasteiger partial charge in [0.25, 0.3) is 11.5 Å². The number of hydrogen-bond acceptors (Lipinski definition) is 2. The molecule has 1 heterocycles. The summed E-state index contributed by atoms with van der Waals surface area (Å²) in [4.78, 5) is 26.8. The van der Waals surface area contributed by atoms with Gasteiger partial charge >= 0.3 is 0 Å². The van der Waals surface area contributed by atoms with E-state index in [1.165, 1.54) is 0 Å². The van der Waals surface area contributed by atoms with Crippen molar-refractivity contribution in [1.29, 1.82) is 0 Å². The Kier molecular flexibility index (Phi) is 4.44. The first kappa shape index (κ1) is 18.9. The first-order valence-corrected chi connectivity index (χ1v) is 10.1. The van der Waals surface area contributed by atoms with E-state index in [2.05, 4.69) is 11.4 Å². The molecule has 0 unspecified atom stereocenters. The van der Waals surface area contributed by atoms with Crippen LogP contribution in [0.1, 0.15) is 16.1 Å². The minimum atomic E-state index is -0.293. The van der Waals surface area contributed by atoms with Gasteiger partial charge in [-0.25, -0.2) is 4.68 Å². The highest BCUT2D eigenvalue weighted by Crippen LogP contribution is 2.29. The number of benzene rings is 4. The van der Waals surface area contributed by atoms with E-state index >= 15 is 0 Å². The van der Waals surface area contributed by atoms with E-state index in [4.69, 9.17) is 0 Å². The fraction of sp³-hybridized carbons (Fsp3) is 0.0769. The fourth-order valence-electron chi connectivity index (χ4n) is 4.15. The van der Waals surface area contributed by atoms with Gasteiger partial charge in [0.2, 0.25) is 0 Å².